The van der Waals surface area contributed by atoms with Crippen molar-refractivity contribution in [3.63, 3.8) is 0 Å². The summed E-state index contributed by atoms with van der Waals surface area (Å²) in [5.74, 6) is 1.11. The van der Waals surface area contributed by atoms with Gasteiger partial charge in [-0.25, -0.2) is 4.98 Å². The molecule has 1 saturated heterocycles. The molecule has 4 heteroatoms. The predicted molar refractivity (Wildman–Crippen MR) is 75.8 cm³/mol. The van der Waals surface area contributed by atoms with E-state index < -0.39 is 0 Å². The van der Waals surface area contributed by atoms with Crippen molar-refractivity contribution in [3.05, 3.63) is 23.9 Å². The Kier molecular flexibility index (Phi) is 4.40. The summed E-state index contributed by atoms with van der Waals surface area (Å²) in [5.41, 5.74) is 1.23. The Hall–Kier alpha value is -0.610. The Morgan fingerprint density at radius 3 is 2.82 bits per heavy atom. The number of hydrogen-bond donors (Lipinski definition) is 0. The number of aromatic nitrogens is 1. The van der Waals surface area contributed by atoms with Gasteiger partial charge in [0.2, 0.25) is 0 Å². The number of pyridine rings is 1. The third kappa shape index (κ3) is 2.99. The van der Waals surface area contributed by atoms with E-state index in [0.717, 1.165) is 30.8 Å². The molecule has 94 valence electrons. The maximum absolute atomic E-state index is 4.54. The Labute approximate surface area is 112 Å². The highest BCUT2D eigenvalue weighted by molar-refractivity contribution is 9.08. The number of piperazine rings is 1. The molecule has 1 aliphatic heterocycles. The van der Waals surface area contributed by atoms with Gasteiger partial charge in [-0.1, -0.05) is 28.9 Å². The fourth-order valence-corrected chi connectivity index (χ4v) is 2.61. The van der Waals surface area contributed by atoms with Crippen molar-refractivity contribution in [2.24, 2.45) is 0 Å². The van der Waals surface area contributed by atoms with E-state index in [2.05, 4.69) is 56.8 Å². The fraction of sp³-hybridized carbons (Fsp3) is 0.615. The molecule has 1 fully saturated rings. The maximum Gasteiger partial charge on any atom is 0.128 e. The second-order valence-corrected chi connectivity index (χ2v) is 5.21. The van der Waals surface area contributed by atoms with Crippen molar-refractivity contribution < 1.29 is 0 Å². The molecule has 2 heterocycles. The molecule has 0 bridgehead atoms. The van der Waals surface area contributed by atoms with Crippen molar-refractivity contribution >= 4 is 21.7 Å². The number of hydrogen-bond acceptors (Lipinski definition) is 3. The molecule has 0 N–H and O–H groups in total. The van der Waals surface area contributed by atoms with Gasteiger partial charge in [0.15, 0.2) is 0 Å². The van der Waals surface area contributed by atoms with Crippen LogP contribution >= 0.6 is 15.9 Å². The van der Waals surface area contributed by atoms with Gasteiger partial charge in [-0.05, 0) is 25.1 Å². The molecule has 17 heavy (non-hydrogen) atoms. The van der Waals surface area contributed by atoms with Gasteiger partial charge in [0.05, 0.1) is 0 Å². The second kappa shape index (κ2) is 5.83. The van der Waals surface area contributed by atoms with E-state index in [4.69, 9.17) is 0 Å². The Bertz CT molecular complexity index is 352. The summed E-state index contributed by atoms with van der Waals surface area (Å²) in [6, 6.07) is 4.94. The predicted octanol–water partition coefficient (Wildman–Crippen LogP) is 2.51. The highest BCUT2D eigenvalue weighted by atomic mass is 79.9. The van der Waals surface area contributed by atoms with Gasteiger partial charge in [-0.15, -0.1) is 0 Å². The molecule has 1 aliphatic rings. The summed E-state index contributed by atoms with van der Waals surface area (Å²) in [7, 11) is 2.22. The average molecular weight is 298 g/mol. The molecule has 3 nitrogen and oxygen atoms in total. The van der Waals surface area contributed by atoms with Crippen LogP contribution in [0.3, 0.4) is 0 Å². The van der Waals surface area contributed by atoms with Gasteiger partial charge >= 0.3 is 0 Å². The summed E-state index contributed by atoms with van der Waals surface area (Å²) >= 11 is 3.45. The topological polar surface area (TPSA) is 19.4 Å². The second-order valence-electron chi connectivity index (χ2n) is 4.65. The fourth-order valence-electron chi connectivity index (χ4n) is 2.28. The molecule has 0 amide bonds. The normalized spacial score (nSPS) is 21.8. The molecule has 0 aromatic carbocycles. The third-order valence-electron chi connectivity index (χ3n) is 3.54. The van der Waals surface area contributed by atoms with E-state index in [1.165, 1.54) is 12.0 Å². The quantitative estimate of drug-likeness (QED) is 0.799. The van der Waals surface area contributed by atoms with E-state index in [0.29, 0.717) is 6.04 Å². The monoisotopic (exact) mass is 297 g/mol. The molecule has 2 rings (SSSR count). The SMILES string of the molecule is CCC1CN(c2ccc(CBr)cn2)CCN1C. The lowest BCUT2D eigenvalue weighted by Gasteiger charge is -2.39. The summed E-state index contributed by atoms with van der Waals surface area (Å²) in [4.78, 5) is 9.39. The summed E-state index contributed by atoms with van der Waals surface area (Å²) in [6.45, 7) is 5.55. The number of likely N-dealkylation sites (N-methyl/N-ethyl adjacent to an activating group) is 1. The van der Waals surface area contributed by atoms with Gasteiger partial charge in [0, 0.05) is 37.2 Å². The van der Waals surface area contributed by atoms with Crippen LogP contribution < -0.4 is 4.90 Å². The minimum Gasteiger partial charge on any atom is -0.354 e. The van der Waals surface area contributed by atoms with E-state index in [9.17, 15) is 0 Å². The first kappa shape index (κ1) is 12.8. The van der Waals surface area contributed by atoms with Crippen LogP contribution in [0.2, 0.25) is 0 Å². The molecule has 1 unspecified atom stereocenters. The van der Waals surface area contributed by atoms with E-state index in [-0.39, 0.29) is 0 Å². The highest BCUT2D eigenvalue weighted by Gasteiger charge is 2.23. The first-order valence-electron chi connectivity index (χ1n) is 6.20. The van der Waals surface area contributed by atoms with Gasteiger partial charge in [0.25, 0.3) is 0 Å². The molecule has 1 aromatic rings. The minimum atomic E-state index is 0.654. The summed E-state index contributed by atoms with van der Waals surface area (Å²) in [5, 5.41) is 0.876. The molecular weight excluding hydrogens is 278 g/mol. The van der Waals surface area contributed by atoms with Crippen LogP contribution in [0.25, 0.3) is 0 Å². The smallest absolute Gasteiger partial charge is 0.128 e. The Balaban J connectivity index is 2.06. The molecule has 1 atom stereocenters. The number of alkyl halides is 1. The van der Waals surface area contributed by atoms with Crippen molar-refractivity contribution in [3.8, 4) is 0 Å². The molecule has 0 spiro atoms. The van der Waals surface area contributed by atoms with Crippen LogP contribution in [-0.4, -0.2) is 42.6 Å². The zero-order chi connectivity index (χ0) is 12.3. The van der Waals surface area contributed by atoms with Gasteiger partial charge in [0.1, 0.15) is 5.82 Å². The lowest BCUT2D eigenvalue weighted by atomic mass is 10.1. The van der Waals surface area contributed by atoms with Crippen molar-refractivity contribution in [1.29, 1.82) is 0 Å². The van der Waals surface area contributed by atoms with Crippen LogP contribution in [-0.2, 0) is 5.33 Å². The van der Waals surface area contributed by atoms with Crippen molar-refractivity contribution in [2.45, 2.75) is 24.7 Å². The minimum absolute atomic E-state index is 0.654. The largest absolute Gasteiger partial charge is 0.354 e. The highest BCUT2D eigenvalue weighted by Crippen LogP contribution is 2.18. The van der Waals surface area contributed by atoms with Gasteiger partial charge < -0.3 is 4.90 Å². The van der Waals surface area contributed by atoms with Crippen LogP contribution in [0, 0.1) is 0 Å². The summed E-state index contributed by atoms with van der Waals surface area (Å²) in [6.07, 6.45) is 3.16. The van der Waals surface area contributed by atoms with Crippen LogP contribution in [0.1, 0.15) is 18.9 Å². The molecule has 0 saturated carbocycles. The molecular formula is C13H20BrN3. The number of halogens is 1. The Morgan fingerprint density at radius 2 is 2.24 bits per heavy atom. The number of rotatable bonds is 3. The van der Waals surface area contributed by atoms with Gasteiger partial charge in [-0.2, -0.15) is 0 Å². The average Bonchev–Trinajstić information content (AvgIpc) is 2.39. The van der Waals surface area contributed by atoms with Crippen LogP contribution in [0.5, 0.6) is 0 Å². The number of nitrogens with zero attached hydrogens (tertiary/aromatic N) is 3. The van der Waals surface area contributed by atoms with E-state index >= 15 is 0 Å². The molecule has 0 aliphatic carbocycles. The number of anilines is 1. The van der Waals surface area contributed by atoms with Gasteiger partial charge in [-0.3, -0.25) is 4.90 Å². The van der Waals surface area contributed by atoms with Crippen molar-refractivity contribution in [2.75, 3.05) is 31.6 Å². The summed E-state index contributed by atoms with van der Waals surface area (Å²) < 4.78 is 0. The Morgan fingerprint density at radius 1 is 1.41 bits per heavy atom. The zero-order valence-electron chi connectivity index (χ0n) is 10.6. The van der Waals surface area contributed by atoms with E-state index in [1.807, 2.05) is 6.20 Å². The van der Waals surface area contributed by atoms with E-state index in [1.54, 1.807) is 0 Å². The lowest BCUT2D eigenvalue weighted by molar-refractivity contribution is 0.213. The molecule has 1 aromatic heterocycles. The van der Waals surface area contributed by atoms with Crippen LogP contribution in [0.4, 0.5) is 5.82 Å². The first-order valence-corrected chi connectivity index (χ1v) is 7.32. The third-order valence-corrected chi connectivity index (χ3v) is 4.18. The van der Waals surface area contributed by atoms with Crippen LogP contribution in [0.15, 0.2) is 18.3 Å². The first-order chi connectivity index (χ1) is 8.24. The van der Waals surface area contributed by atoms with Crippen molar-refractivity contribution in [1.82, 2.24) is 9.88 Å². The zero-order valence-corrected chi connectivity index (χ0v) is 12.2. The standard InChI is InChI=1S/C13H20BrN3/c1-3-12-10-17(7-6-16(12)2)13-5-4-11(8-14)9-15-13/h4-5,9,12H,3,6-8,10H2,1-2H3. The maximum atomic E-state index is 4.54. The lowest BCUT2D eigenvalue weighted by Crippen LogP contribution is -2.51. The molecule has 0 radical (unpaired) electrons.